The zero-order valence-corrected chi connectivity index (χ0v) is 15.1. The smallest absolute Gasteiger partial charge is 0.288 e. The van der Waals surface area contributed by atoms with Crippen molar-refractivity contribution in [1.29, 1.82) is 0 Å². The van der Waals surface area contributed by atoms with Gasteiger partial charge >= 0.3 is 6.18 Å². The molecule has 29 heavy (non-hydrogen) atoms. The van der Waals surface area contributed by atoms with E-state index in [0.717, 1.165) is 17.8 Å². The lowest BCUT2D eigenvalue weighted by molar-refractivity contribution is -0.137. The van der Waals surface area contributed by atoms with Gasteiger partial charge in [0.15, 0.2) is 0 Å². The van der Waals surface area contributed by atoms with E-state index in [0.29, 0.717) is 22.2 Å². The predicted octanol–water partition coefficient (Wildman–Crippen LogP) is 5.57. The molecule has 3 aromatic carbocycles. The molecular weight excluding hydrogens is 377 g/mol. The van der Waals surface area contributed by atoms with Crippen molar-refractivity contribution >= 4 is 23.1 Å². The number of hydrogen-bond acceptors (Lipinski definition) is 2. The summed E-state index contributed by atoms with van der Waals surface area (Å²) in [5.41, 5.74) is 1.11. The minimum atomic E-state index is -4.41. The van der Waals surface area contributed by atoms with Gasteiger partial charge in [0.05, 0.1) is 16.9 Å². The maximum absolute atomic E-state index is 12.9. The molecule has 0 fully saturated rings. The molecular formula is C23H15F3N2O. The van der Waals surface area contributed by atoms with Crippen molar-refractivity contribution in [3.8, 4) is 5.69 Å². The molecule has 1 heterocycles. The second-order valence-electron chi connectivity index (χ2n) is 6.43. The SMILES string of the molecule is O=c1ccccc2c(C=Cc3cccc(C(F)(F)F)c3)nn(-c3ccccc3)c12. The number of aromatic nitrogens is 2. The Labute approximate surface area is 164 Å². The Kier molecular flexibility index (Phi) is 4.76. The molecule has 0 atom stereocenters. The van der Waals surface area contributed by atoms with E-state index in [9.17, 15) is 18.0 Å². The van der Waals surface area contributed by atoms with Crippen molar-refractivity contribution in [2.45, 2.75) is 6.18 Å². The van der Waals surface area contributed by atoms with Gasteiger partial charge in [-0.15, -0.1) is 0 Å². The Balaban J connectivity index is 1.86. The highest BCUT2D eigenvalue weighted by molar-refractivity contribution is 5.90. The number of nitrogens with zero attached hydrogens (tertiary/aromatic N) is 2. The minimum absolute atomic E-state index is 0.194. The van der Waals surface area contributed by atoms with Crippen molar-refractivity contribution in [3.63, 3.8) is 0 Å². The monoisotopic (exact) mass is 392 g/mol. The highest BCUT2D eigenvalue weighted by Gasteiger charge is 2.30. The van der Waals surface area contributed by atoms with Crippen LogP contribution in [0, 0.1) is 0 Å². The van der Waals surface area contributed by atoms with Crippen LogP contribution in [0.5, 0.6) is 0 Å². The van der Waals surface area contributed by atoms with Crippen LogP contribution in [0.1, 0.15) is 16.8 Å². The van der Waals surface area contributed by atoms with Gasteiger partial charge < -0.3 is 0 Å². The van der Waals surface area contributed by atoms with Gasteiger partial charge in [0.2, 0.25) is 5.43 Å². The first-order chi connectivity index (χ1) is 13.9. The Morgan fingerprint density at radius 3 is 2.31 bits per heavy atom. The van der Waals surface area contributed by atoms with E-state index in [4.69, 9.17) is 0 Å². The molecule has 4 aromatic rings. The fourth-order valence-corrected chi connectivity index (χ4v) is 3.10. The first-order valence-corrected chi connectivity index (χ1v) is 8.86. The van der Waals surface area contributed by atoms with Crippen molar-refractivity contribution in [2.24, 2.45) is 0 Å². The van der Waals surface area contributed by atoms with E-state index in [-0.39, 0.29) is 5.43 Å². The van der Waals surface area contributed by atoms with Crippen molar-refractivity contribution < 1.29 is 13.2 Å². The molecule has 0 aliphatic heterocycles. The molecule has 4 rings (SSSR count). The number of halogens is 3. The third-order valence-electron chi connectivity index (χ3n) is 4.45. The molecule has 0 saturated heterocycles. The van der Waals surface area contributed by atoms with Crippen LogP contribution < -0.4 is 5.43 Å². The molecule has 3 nitrogen and oxygen atoms in total. The average Bonchev–Trinajstić information content (AvgIpc) is 2.97. The second-order valence-corrected chi connectivity index (χ2v) is 6.43. The summed E-state index contributed by atoms with van der Waals surface area (Å²) in [5.74, 6) is 0. The molecule has 6 heteroatoms. The van der Waals surface area contributed by atoms with Crippen LogP contribution in [-0.4, -0.2) is 9.78 Å². The number of hydrogen-bond donors (Lipinski definition) is 0. The van der Waals surface area contributed by atoms with Crippen LogP contribution in [0.2, 0.25) is 0 Å². The summed E-state index contributed by atoms with van der Waals surface area (Å²) in [6.07, 6.45) is -1.23. The largest absolute Gasteiger partial charge is 0.416 e. The minimum Gasteiger partial charge on any atom is -0.288 e. The fraction of sp³-hybridized carbons (Fsp3) is 0.0435. The maximum Gasteiger partial charge on any atom is 0.416 e. The molecule has 0 spiro atoms. The van der Waals surface area contributed by atoms with E-state index in [1.807, 2.05) is 30.3 Å². The standard InChI is InChI=1S/C23H15F3N2O/c24-23(25,26)17-8-6-7-16(15-17)13-14-20-19-11-4-5-12-21(29)22(19)28(27-20)18-9-2-1-3-10-18/h1-15H. The van der Waals surface area contributed by atoms with Crippen LogP contribution in [0.4, 0.5) is 13.2 Å². The molecule has 0 aliphatic rings. The molecule has 0 saturated carbocycles. The van der Waals surface area contributed by atoms with Gasteiger partial charge in [-0.1, -0.05) is 54.6 Å². The zero-order chi connectivity index (χ0) is 20.4. The summed E-state index contributed by atoms with van der Waals surface area (Å²) in [4.78, 5) is 12.6. The zero-order valence-electron chi connectivity index (χ0n) is 15.1. The summed E-state index contributed by atoms with van der Waals surface area (Å²) in [5, 5.41) is 5.16. The summed E-state index contributed by atoms with van der Waals surface area (Å²) in [6.45, 7) is 0. The van der Waals surface area contributed by atoms with E-state index in [1.54, 1.807) is 41.1 Å². The number of alkyl halides is 3. The van der Waals surface area contributed by atoms with Crippen LogP contribution in [-0.2, 0) is 6.18 Å². The third-order valence-corrected chi connectivity index (χ3v) is 4.45. The van der Waals surface area contributed by atoms with Crippen molar-refractivity contribution in [1.82, 2.24) is 9.78 Å². The summed E-state index contributed by atoms with van der Waals surface area (Å²) in [6, 6.07) is 20.9. The van der Waals surface area contributed by atoms with E-state index in [1.165, 1.54) is 12.1 Å². The van der Waals surface area contributed by atoms with Crippen LogP contribution in [0.25, 0.3) is 28.7 Å². The van der Waals surface area contributed by atoms with E-state index in [2.05, 4.69) is 5.10 Å². The lowest BCUT2D eigenvalue weighted by Crippen LogP contribution is -2.04. The quantitative estimate of drug-likeness (QED) is 0.457. The van der Waals surface area contributed by atoms with E-state index < -0.39 is 11.7 Å². The van der Waals surface area contributed by atoms with Crippen molar-refractivity contribution in [2.75, 3.05) is 0 Å². The summed E-state index contributed by atoms with van der Waals surface area (Å²) in [7, 11) is 0. The van der Waals surface area contributed by atoms with Crippen molar-refractivity contribution in [3.05, 3.63) is 106 Å². The Morgan fingerprint density at radius 1 is 0.828 bits per heavy atom. The molecule has 0 bridgehead atoms. The number of benzene rings is 2. The highest BCUT2D eigenvalue weighted by atomic mass is 19.4. The first kappa shape index (κ1) is 18.7. The topological polar surface area (TPSA) is 34.9 Å². The van der Waals surface area contributed by atoms with Gasteiger partial charge in [-0.05, 0) is 42.0 Å². The van der Waals surface area contributed by atoms with Crippen LogP contribution in [0.15, 0.2) is 83.7 Å². The second kappa shape index (κ2) is 7.39. The van der Waals surface area contributed by atoms with Gasteiger partial charge in [-0.2, -0.15) is 18.3 Å². The normalized spacial score (nSPS) is 12.0. The summed E-state index contributed by atoms with van der Waals surface area (Å²) >= 11 is 0. The van der Waals surface area contributed by atoms with Gasteiger partial charge in [-0.3, -0.25) is 4.79 Å². The lowest BCUT2D eigenvalue weighted by atomic mass is 10.1. The predicted molar refractivity (Wildman–Crippen MR) is 108 cm³/mol. The lowest BCUT2D eigenvalue weighted by Gasteiger charge is -2.06. The van der Waals surface area contributed by atoms with Gasteiger partial charge in [0.1, 0.15) is 5.52 Å². The van der Waals surface area contributed by atoms with Gasteiger partial charge in [-0.25, -0.2) is 4.68 Å². The number of fused-ring (bicyclic) bond motifs is 1. The Morgan fingerprint density at radius 2 is 1.55 bits per heavy atom. The van der Waals surface area contributed by atoms with E-state index >= 15 is 0 Å². The molecule has 0 aliphatic carbocycles. The highest BCUT2D eigenvalue weighted by Crippen LogP contribution is 2.30. The molecule has 144 valence electrons. The number of para-hydroxylation sites is 1. The van der Waals surface area contributed by atoms with Crippen LogP contribution >= 0.6 is 0 Å². The van der Waals surface area contributed by atoms with Gasteiger partial charge in [0, 0.05) is 5.39 Å². The van der Waals surface area contributed by atoms with Gasteiger partial charge in [0.25, 0.3) is 0 Å². The maximum atomic E-state index is 12.9. The number of rotatable bonds is 3. The first-order valence-electron chi connectivity index (χ1n) is 8.86. The third kappa shape index (κ3) is 3.82. The molecule has 0 unspecified atom stereocenters. The molecule has 0 radical (unpaired) electrons. The summed E-state index contributed by atoms with van der Waals surface area (Å²) < 4.78 is 40.4. The molecule has 0 amide bonds. The average molecular weight is 392 g/mol. The molecule has 1 aromatic heterocycles. The van der Waals surface area contributed by atoms with Crippen LogP contribution in [0.3, 0.4) is 0 Å². The Bertz CT molecular complexity index is 1260. The molecule has 0 N–H and O–H groups in total. The fourth-order valence-electron chi connectivity index (χ4n) is 3.10. The Hall–Kier alpha value is -3.67.